The third-order valence-electron chi connectivity index (χ3n) is 1.45. The number of rotatable bonds is 2. The van der Waals surface area contributed by atoms with E-state index in [0.29, 0.717) is 5.56 Å². The number of ether oxygens (including phenoxy) is 1. The highest BCUT2D eigenvalue weighted by Crippen LogP contribution is 2.23. The number of benzene rings is 1. The van der Waals surface area contributed by atoms with E-state index in [-0.39, 0.29) is 5.75 Å². The SMILES string of the molecule is C/C=C/c1cccc(OC(F)(F)F)c1. The van der Waals surface area contributed by atoms with Gasteiger partial charge in [-0.3, -0.25) is 0 Å². The average Bonchev–Trinajstić information content (AvgIpc) is 2.02. The van der Waals surface area contributed by atoms with Gasteiger partial charge in [0.2, 0.25) is 0 Å². The van der Waals surface area contributed by atoms with Crippen LogP contribution in [0.15, 0.2) is 30.3 Å². The summed E-state index contributed by atoms with van der Waals surface area (Å²) in [6.45, 7) is 1.79. The van der Waals surface area contributed by atoms with Crippen LogP contribution in [0.25, 0.3) is 6.08 Å². The lowest BCUT2D eigenvalue weighted by atomic mass is 10.2. The lowest BCUT2D eigenvalue weighted by molar-refractivity contribution is -0.274. The third-order valence-corrected chi connectivity index (χ3v) is 1.45. The van der Waals surface area contributed by atoms with Crippen LogP contribution in [0.4, 0.5) is 13.2 Å². The molecule has 4 heteroatoms. The highest BCUT2D eigenvalue weighted by Gasteiger charge is 2.30. The maximum Gasteiger partial charge on any atom is 0.573 e. The van der Waals surface area contributed by atoms with Crippen molar-refractivity contribution in [1.82, 2.24) is 0 Å². The van der Waals surface area contributed by atoms with Crippen molar-refractivity contribution in [2.45, 2.75) is 13.3 Å². The van der Waals surface area contributed by atoms with Gasteiger partial charge in [0, 0.05) is 0 Å². The molecule has 0 radical (unpaired) electrons. The molecule has 0 heterocycles. The van der Waals surface area contributed by atoms with Gasteiger partial charge >= 0.3 is 6.36 Å². The molecule has 0 saturated carbocycles. The maximum absolute atomic E-state index is 11.8. The zero-order chi connectivity index (χ0) is 10.6. The van der Waals surface area contributed by atoms with Gasteiger partial charge in [0.25, 0.3) is 0 Å². The fraction of sp³-hybridized carbons (Fsp3) is 0.200. The Hall–Kier alpha value is -1.45. The van der Waals surface area contributed by atoms with Crippen molar-refractivity contribution in [3.05, 3.63) is 35.9 Å². The summed E-state index contributed by atoms with van der Waals surface area (Å²) in [5, 5.41) is 0. The summed E-state index contributed by atoms with van der Waals surface area (Å²) in [5.41, 5.74) is 0.675. The Morgan fingerprint density at radius 1 is 1.29 bits per heavy atom. The van der Waals surface area contributed by atoms with E-state index in [1.165, 1.54) is 18.2 Å². The van der Waals surface area contributed by atoms with Crippen LogP contribution >= 0.6 is 0 Å². The van der Waals surface area contributed by atoms with Gasteiger partial charge in [-0.05, 0) is 24.6 Å². The predicted molar refractivity (Wildman–Crippen MR) is 47.8 cm³/mol. The van der Waals surface area contributed by atoms with Gasteiger partial charge in [0.1, 0.15) is 5.75 Å². The smallest absolute Gasteiger partial charge is 0.406 e. The zero-order valence-electron chi connectivity index (χ0n) is 7.51. The fourth-order valence-corrected chi connectivity index (χ4v) is 1.01. The first-order valence-corrected chi connectivity index (χ1v) is 4.00. The van der Waals surface area contributed by atoms with Gasteiger partial charge in [0.15, 0.2) is 0 Å². The Kier molecular flexibility index (Phi) is 3.17. The summed E-state index contributed by atoms with van der Waals surface area (Å²) in [4.78, 5) is 0. The van der Waals surface area contributed by atoms with Crippen molar-refractivity contribution in [2.75, 3.05) is 0 Å². The summed E-state index contributed by atoms with van der Waals surface area (Å²) >= 11 is 0. The standard InChI is InChI=1S/C10H9F3O/c1-2-4-8-5-3-6-9(7-8)14-10(11,12)13/h2-7H,1H3/b4-2+. The Morgan fingerprint density at radius 3 is 2.57 bits per heavy atom. The maximum atomic E-state index is 11.8. The lowest BCUT2D eigenvalue weighted by Crippen LogP contribution is -2.17. The molecule has 0 bridgehead atoms. The molecule has 0 saturated heterocycles. The monoisotopic (exact) mass is 202 g/mol. The number of halogens is 3. The van der Waals surface area contributed by atoms with E-state index >= 15 is 0 Å². The normalized spacial score (nSPS) is 12.0. The van der Waals surface area contributed by atoms with Gasteiger partial charge in [-0.1, -0.05) is 24.3 Å². The molecule has 0 atom stereocenters. The first-order chi connectivity index (χ1) is 6.51. The molecule has 0 amide bonds. The van der Waals surface area contributed by atoms with Crippen molar-refractivity contribution in [1.29, 1.82) is 0 Å². The molecule has 1 aromatic rings. The van der Waals surface area contributed by atoms with E-state index < -0.39 is 6.36 Å². The minimum atomic E-state index is -4.63. The minimum Gasteiger partial charge on any atom is -0.406 e. The molecule has 0 spiro atoms. The van der Waals surface area contributed by atoms with Crippen molar-refractivity contribution in [3.8, 4) is 5.75 Å². The third kappa shape index (κ3) is 3.51. The summed E-state index contributed by atoms with van der Waals surface area (Å²) in [6.07, 6.45) is -1.19. The summed E-state index contributed by atoms with van der Waals surface area (Å²) in [7, 11) is 0. The minimum absolute atomic E-state index is 0.201. The number of hydrogen-bond acceptors (Lipinski definition) is 1. The van der Waals surface area contributed by atoms with Crippen molar-refractivity contribution in [3.63, 3.8) is 0 Å². The molecule has 0 aliphatic heterocycles. The Morgan fingerprint density at radius 2 is 2.00 bits per heavy atom. The summed E-state index contributed by atoms with van der Waals surface area (Å²) in [5.74, 6) is -0.201. The molecular weight excluding hydrogens is 193 g/mol. The van der Waals surface area contributed by atoms with Gasteiger partial charge in [-0.15, -0.1) is 13.2 Å². The Labute approximate surface area is 79.8 Å². The Balaban J connectivity index is 2.84. The van der Waals surface area contributed by atoms with Crippen LogP contribution in [0.5, 0.6) is 5.75 Å². The van der Waals surface area contributed by atoms with Gasteiger partial charge in [-0.2, -0.15) is 0 Å². The van der Waals surface area contributed by atoms with Crippen LogP contribution in [-0.4, -0.2) is 6.36 Å². The van der Waals surface area contributed by atoms with E-state index in [1.54, 1.807) is 25.1 Å². The zero-order valence-corrected chi connectivity index (χ0v) is 7.51. The highest BCUT2D eigenvalue weighted by molar-refractivity contribution is 5.51. The number of hydrogen-bond donors (Lipinski definition) is 0. The van der Waals surface area contributed by atoms with E-state index in [0.717, 1.165) is 0 Å². The van der Waals surface area contributed by atoms with Crippen LogP contribution < -0.4 is 4.74 Å². The molecule has 0 fully saturated rings. The summed E-state index contributed by atoms with van der Waals surface area (Å²) in [6, 6.07) is 5.80. The van der Waals surface area contributed by atoms with Crippen molar-refractivity contribution < 1.29 is 17.9 Å². The molecular formula is C10H9F3O. The quantitative estimate of drug-likeness (QED) is 0.711. The predicted octanol–water partition coefficient (Wildman–Crippen LogP) is 3.62. The largest absolute Gasteiger partial charge is 0.573 e. The van der Waals surface area contributed by atoms with Crippen LogP contribution in [0, 0.1) is 0 Å². The second kappa shape index (κ2) is 4.17. The molecule has 1 aromatic carbocycles. The van der Waals surface area contributed by atoms with E-state index in [4.69, 9.17) is 0 Å². The van der Waals surface area contributed by atoms with Crippen LogP contribution in [0.1, 0.15) is 12.5 Å². The lowest BCUT2D eigenvalue weighted by Gasteiger charge is -2.08. The molecule has 1 nitrogen and oxygen atoms in total. The number of alkyl halides is 3. The van der Waals surface area contributed by atoms with E-state index in [1.807, 2.05) is 0 Å². The molecule has 0 aromatic heterocycles. The van der Waals surface area contributed by atoms with E-state index in [2.05, 4.69) is 4.74 Å². The fourth-order valence-electron chi connectivity index (χ4n) is 1.01. The molecule has 14 heavy (non-hydrogen) atoms. The first-order valence-electron chi connectivity index (χ1n) is 4.00. The van der Waals surface area contributed by atoms with Crippen molar-refractivity contribution >= 4 is 6.08 Å². The number of allylic oxidation sites excluding steroid dienone is 1. The summed E-state index contributed by atoms with van der Waals surface area (Å²) < 4.78 is 39.2. The van der Waals surface area contributed by atoms with Crippen LogP contribution in [0.2, 0.25) is 0 Å². The van der Waals surface area contributed by atoms with Crippen LogP contribution in [0.3, 0.4) is 0 Å². The molecule has 0 unspecified atom stereocenters. The average molecular weight is 202 g/mol. The second-order valence-corrected chi connectivity index (χ2v) is 2.62. The second-order valence-electron chi connectivity index (χ2n) is 2.62. The van der Waals surface area contributed by atoms with Crippen molar-refractivity contribution in [2.24, 2.45) is 0 Å². The molecule has 0 aliphatic carbocycles. The topological polar surface area (TPSA) is 9.23 Å². The first kappa shape index (κ1) is 10.6. The molecule has 1 rings (SSSR count). The molecule has 76 valence electrons. The molecule has 0 aliphatic rings. The highest BCUT2D eigenvalue weighted by atomic mass is 19.4. The van der Waals surface area contributed by atoms with Gasteiger partial charge < -0.3 is 4.74 Å². The molecule has 0 N–H and O–H groups in total. The van der Waals surface area contributed by atoms with Crippen LogP contribution in [-0.2, 0) is 0 Å². The van der Waals surface area contributed by atoms with Gasteiger partial charge in [-0.25, -0.2) is 0 Å². The Bertz CT molecular complexity index is 328. The van der Waals surface area contributed by atoms with E-state index in [9.17, 15) is 13.2 Å². The van der Waals surface area contributed by atoms with Gasteiger partial charge in [0.05, 0.1) is 0 Å².